The molecule has 0 saturated carbocycles. The van der Waals surface area contributed by atoms with Gasteiger partial charge in [0.05, 0.1) is 4.88 Å². The first-order chi connectivity index (χ1) is 14.2. The van der Waals surface area contributed by atoms with E-state index in [0.717, 1.165) is 27.5 Å². The quantitative estimate of drug-likeness (QED) is 0.504. The molecule has 5 rings (SSSR count). The number of carbonyl (C=O) groups excluding carboxylic acids is 1. The van der Waals surface area contributed by atoms with Crippen molar-refractivity contribution in [1.29, 1.82) is 0 Å². The van der Waals surface area contributed by atoms with Crippen molar-refractivity contribution in [2.75, 3.05) is 5.32 Å². The van der Waals surface area contributed by atoms with E-state index in [-0.39, 0.29) is 11.7 Å². The maximum atomic E-state index is 13.2. The van der Waals surface area contributed by atoms with Gasteiger partial charge in [-0.2, -0.15) is 4.57 Å². The molecule has 4 aromatic rings. The van der Waals surface area contributed by atoms with Crippen LogP contribution in [0.4, 0.5) is 5.82 Å². The fourth-order valence-corrected chi connectivity index (χ4v) is 4.32. The monoisotopic (exact) mass is 400 g/mol. The molecule has 0 amide bonds. The van der Waals surface area contributed by atoms with E-state index in [1.807, 2.05) is 35.7 Å². The Morgan fingerprint density at radius 2 is 1.83 bits per heavy atom. The maximum absolute atomic E-state index is 13.2. The van der Waals surface area contributed by atoms with Gasteiger partial charge in [-0.1, -0.05) is 36.4 Å². The number of hydrogen-bond acceptors (Lipinski definition) is 5. The van der Waals surface area contributed by atoms with Crippen molar-refractivity contribution in [3.8, 4) is 17.0 Å². The van der Waals surface area contributed by atoms with E-state index in [1.54, 1.807) is 46.4 Å². The number of benzene rings is 2. The van der Waals surface area contributed by atoms with Crippen LogP contribution in [0.3, 0.4) is 0 Å². The van der Waals surface area contributed by atoms with Crippen molar-refractivity contribution in [3.63, 3.8) is 0 Å². The Balaban J connectivity index is 1.62. The normalized spacial score (nSPS) is 15.2. The molecule has 5 nitrogen and oxygen atoms in total. The molecule has 1 aliphatic heterocycles. The summed E-state index contributed by atoms with van der Waals surface area (Å²) in [6, 6.07) is 20.5. The average Bonchev–Trinajstić information content (AvgIpc) is 3.38. The summed E-state index contributed by atoms with van der Waals surface area (Å²) >= 11 is 1.56. The van der Waals surface area contributed by atoms with Crippen LogP contribution in [0.1, 0.15) is 27.0 Å². The number of nitrogens with one attached hydrogen (secondary N) is 1. The molecule has 0 aliphatic carbocycles. The second kappa shape index (κ2) is 7.14. The fourth-order valence-electron chi connectivity index (χ4n) is 3.55. The summed E-state index contributed by atoms with van der Waals surface area (Å²) in [6.45, 7) is 0. The van der Waals surface area contributed by atoms with E-state index in [2.05, 4.69) is 17.4 Å². The number of aromatic nitrogens is 2. The molecule has 1 aliphatic rings. The lowest BCUT2D eigenvalue weighted by atomic mass is 10.1. The highest BCUT2D eigenvalue weighted by Gasteiger charge is 2.42. The number of nitrogens with zero attached hydrogens (tertiary/aromatic N) is 2. The lowest BCUT2D eigenvalue weighted by molar-refractivity contribution is -0.552. The summed E-state index contributed by atoms with van der Waals surface area (Å²) in [4.78, 5) is 19.0. The van der Waals surface area contributed by atoms with Gasteiger partial charge in [-0.25, -0.2) is 9.78 Å². The minimum absolute atomic E-state index is 0.0146. The zero-order valence-electron chi connectivity index (χ0n) is 15.4. The Morgan fingerprint density at radius 1 is 1.03 bits per heavy atom. The van der Waals surface area contributed by atoms with Crippen molar-refractivity contribution in [1.82, 2.24) is 4.98 Å². The van der Waals surface area contributed by atoms with Gasteiger partial charge in [0.25, 0.3) is 0 Å². The van der Waals surface area contributed by atoms with Crippen LogP contribution in [-0.4, -0.2) is 16.0 Å². The highest BCUT2D eigenvalue weighted by Crippen LogP contribution is 2.31. The summed E-state index contributed by atoms with van der Waals surface area (Å²) in [7, 11) is 0. The number of fused-ring (bicyclic) bond motifs is 1. The van der Waals surface area contributed by atoms with Crippen molar-refractivity contribution < 1.29 is 14.5 Å². The van der Waals surface area contributed by atoms with E-state index < -0.39 is 6.04 Å². The standard InChI is InChI=1S/C23H17N3O2S/c27-17-10-8-16(9-11-17)19-14-26-22(18(24-19)13-15-5-2-1-3-6-15)25-21(23(26)28)20-7-4-12-29-20/h1-12,14,21,27H,13H2/p+1. The Kier molecular flexibility index (Phi) is 4.33. The van der Waals surface area contributed by atoms with Crippen molar-refractivity contribution in [2.24, 2.45) is 0 Å². The predicted octanol–water partition coefficient (Wildman–Crippen LogP) is 4.20. The smallest absolute Gasteiger partial charge is 0.364 e. The molecule has 2 aromatic heterocycles. The topological polar surface area (TPSA) is 66.1 Å². The Hall–Kier alpha value is -3.51. The molecule has 1 unspecified atom stereocenters. The number of phenolic OH excluding ortho intramolecular Hbond substituents is 1. The minimum atomic E-state index is -0.401. The van der Waals surface area contributed by atoms with Gasteiger partial charge in [0.2, 0.25) is 6.04 Å². The first-order valence-corrected chi connectivity index (χ1v) is 10.2. The minimum Gasteiger partial charge on any atom is -0.508 e. The largest absolute Gasteiger partial charge is 0.508 e. The van der Waals surface area contributed by atoms with Crippen molar-refractivity contribution in [2.45, 2.75) is 12.5 Å². The molecule has 142 valence electrons. The van der Waals surface area contributed by atoms with Gasteiger partial charge in [0.15, 0.2) is 0 Å². The number of rotatable bonds is 4. The van der Waals surface area contributed by atoms with Gasteiger partial charge in [0.1, 0.15) is 23.3 Å². The summed E-state index contributed by atoms with van der Waals surface area (Å²) in [5.41, 5.74) is 3.48. The Labute approximate surface area is 171 Å². The predicted molar refractivity (Wildman–Crippen MR) is 112 cm³/mol. The second-order valence-corrected chi connectivity index (χ2v) is 7.91. The number of hydrogen-bond donors (Lipinski definition) is 2. The molecule has 3 heterocycles. The molecule has 0 saturated heterocycles. The van der Waals surface area contributed by atoms with Crippen LogP contribution in [0.25, 0.3) is 11.3 Å². The number of anilines is 1. The lowest BCUT2D eigenvalue weighted by Gasteiger charge is -2.07. The van der Waals surface area contributed by atoms with E-state index in [4.69, 9.17) is 4.98 Å². The zero-order valence-corrected chi connectivity index (χ0v) is 16.3. The molecule has 0 fully saturated rings. The first kappa shape index (κ1) is 17.6. The summed E-state index contributed by atoms with van der Waals surface area (Å²) in [5.74, 6) is 0.918. The molecule has 0 bridgehead atoms. The zero-order chi connectivity index (χ0) is 19.8. The third-order valence-electron chi connectivity index (χ3n) is 4.99. The van der Waals surface area contributed by atoms with Gasteiger partial charge in [-0.05, 0) is 41.3 Å². The van der Waals surface area contributed by atoms with E-state index in [9.17, 15) is 9.90 Å². The lowest BCUT2D eigenvalue weighted by Crippen LogP contribution is -2.41. The molecular formula is C23H18N3O2S+. The molecule has 29 heavy (non-hydrogen) atoms. The molecule has 2 N–H and O–H groups in total. The third-order valence-corrected chi connectivity index (χ3v) is 5.93. The SMILES string of the molecule is O=C1C(c2cccs2)Nc2c(Cc3ccccc3)nc(-c3ccc(O)cc3)c[n+]21. The van der Waals surface area contributed by atoms with Crippen LogP contribution < -0.4 is 9.88 Å². The van der Waals surface area contributed by atoms with Gasteiger partial charge < -0.3 is 5.11 Å². The summed E-state index contributed by atoms with van der Waals surface area (Å²) in [6.07, 6.45) is 2.39. The van der Waals surface area contributed by atoms with Gasteiger partial charge in [0, 0.05) is 12.0 Å². The van der Waals surface area contributed by atoms with E-state index >= 15 is 0 Å². The average molecular weight is 400 g/mol. The van der Waals surface area contributed by atoms with Crippen LogP contribution in [0.2, 0.25) is 0 Å². The molecule has 6 heteroatoms. The van der Waals surface area contributed by atoms with E-state index in [0.29, 0.717) is 12.1 Å². The molecule has 0 radical (unpaired) electrons. The number of carbonyl (C=O) groups is 1. The third kappa shape index (κ3) is 3.28. The molecule has 1 atom stereocenters. The van der Waals surface area contributed by atoms with Crippen LogP contribution in [0.15, 0.2) is 78.3 Å². The maximum Gasteiger partial charge on any atom is 0.364 e. The van der Waals surface area contributed by atoms with Crippen LogP contribution >= 0.6 is 11.3 Å². The highest BCUT2D eigenvalue weighted by atomic mass is 32.1. The summed E-state index contributed by atoms with van der Waals surface area (Å²) < 4.78 is 1.68. The van der Waals surface area contributed by atoms with Crippen LogP contribution in [0, 0.1) is 0 Å². The van der Waals surface area contributed by atoms with Crippen molar-refractivity contribution >= 4 is 23.1 Å². The van der Waals surface area contributed by atoms with Crippen molar-refractivity contribution in [3.05, 3.63) is 94.4 Å². The first-order valence-electron chi connectivity index (χ1n) is 9.32. The van der Waals surface area contributed by atoms with E-state index in [1.165, 1.54) is 0 Å². The number of aromatic hydroxyl groups is 1. The second-order valence-electron chi connectivity index (χ2n) is 6.93. The molecule has 0 spiro atoms. The van der Waals surface area contributed by atoms with Crippen LogP contribution in [0.5, 0.6) is 5.75 Å². The van der Waals surface area contributed by atoms with Crippen LogP contribution in [-0.2, 0) is 6.42 Å². The molecular weight excluding hydrogens is 382 g/mol. The van der Waals surface area contributed by atoms with Gasteiger partial charge in [-0.3, -0.25) is 5.32 Å². The number of thiophene rings is 1. The Morgan fingerprint density at radius 3 is 2.55 bits per heavy atom. The number of phenols is 1. The van der Waals surface area contributed by atoms with Gasteiger partial charge >= 0.3 is 11.7 Å². The fraction of sp³-hybridized carbons (Fsp3) is 0.0870. The van der Waals surface area contributed by atoms with Gasteiger partial charge in [-0.15, -0.1) is 11.3 Å². The highest BCUT2D eigenvalue weighted by molar-refractivity contribution is 7.10. The Bertz CT molecular complexity index is 1170. The molecule has 2 aromatic carbocycles. The summed E-state index contributed by atoms with van der Waals surface area (Å²) in [5, 5.41) is 15.0.